The van der Waals surface area contributed by atoms with Gasteiger partial charge in [0, 0.05) is 53.6 Å². The Balaban J connectivity index is 1.39. The van der Waals surface area contributed by atoms with Crippen LogP contribution in [0.25, 0.3) is 28.1 Å². The molecule has 1 amide bonds. The number of morpholine rings is 1. The highest BCUT2D eigenvalue weighted by atomic mass is 16.5. The number of nitrogens with zero attached hydrogens (tertiary/aromatic N) is 9. The highest BCUT2D eigenvalue weighted by Crippen LogP contribution is 2.29. The van der Waals surface area contributed by atoms with E-state index in [1.54, 1.807) is 4.90 Å². The van der Waals surface area contributed by atoms with E-state index in [0.29, 0.717) is 38.0 Å². The number of fused-ring (bicyclic) bond motifs is 2. The van der Waals surface area contributed by atoms with Crippen molar-refractivity contribution < 1.29 is 9.53 Å². The third kappa shape index (κ3) is 4.85. The topological polar surface area (TPSA) is 97.4 Å². The number of aromatic nitrogens is 6. The molecule has 11 heteroatoms. The van der Waals surface area contributed by atoms with Crippen LogP contribution in [0.15, 0.2) is 24.3 Å². The van der Waals surface area contributed by atoms with Gasteiger partial charge in [-0.05, 0) is 31.0 Å². The molecule has 3 aromatic heterocycles. The maximum atomic E-state index is 12.2. The van der Waals surface area contributed by atoms with Gasteiger partial charge in [-0.25, -0.2) is 9.97 Å². The number of carbonyl (C=O) groups excluding carboxylic acids is 1. The average molecular weight is 532 g/mol. The predicted octanol–water partition coefficient (Wildman–Crippen LogP) is 2.40. The van der Waals surface area contributed by atoms with E-state index in [1.807, 2.05) is 39.3 Å². The maximum Gasteiger partial charge on any atom is 0.239 e. The summed E-state index contributed by atoms with van der Waals surface area (Å²) in [6.45, 7) is 7.53. The van der Waals surface area contributed by atoms with Crippen molar-refractivity contribution in [2.75, 3.05) is 58.4 Å². The quantitative estimate of drug-likeness (QED) is 0.359. The number of hydrogen-bond donors (Lipinski definition) is 0. The first-order valence-electron chi connectivity index (χ1n) is 13.9. The van der Waals surface area contributed by atoms with Crippen LogP contribution in [0.2, 0.25) is 0 Å². The SMILES string of the molecule is CCc1nc2ccccc2n1-c1nc(N2CCOCC2)c2nc(CN3CCC(CC(=O)N(C)C)C3)n(C)c2n1. The maximum absolute atomic E-state index is 12.2. The molecule has 2 aliphatic heterocycles. The number of para-hydroxylation sites is 2. The first-order valence-corrected chi connectivity index (χ1v) is 13.9. The minimum Gasteiger partial charge on any atom is -0.378 e. The molecule has 0 saturated carbocycles. The fourth-order valence-corrected chi connectivity index (χ4v) is 5.71. The molecule has 11 nitrogen and oxygen atoms in total. The van der Waals surface area contributed by atoms with E-state index < -0.39 is 0 Å². The number of carbonyl (C=O) groups is 1. The Morgan fingerprint density at radius 3 is 2.62 bits per heavy atom. The second-order valence-corrected chi connectivity index (χ2v) is 10.8. The molecule has 2 saturated heterocycles. The number of hydrogen-bond acceptors (Lipinski definition) is 8. The van der Waals surface area contributed by atoms with Crippen LogP contribution in [0.1, 0.15) is 31.4 Å². The largest absolute Gasteiger partial charge is 0.378 e. The van der Waals surface area contributed by atoms with Gasteiger partial charge < -0.3 is 19.1 Å². The van der Waals surface area contributed by atoms with Gasteiger partial charge in [-0.2, -0.15) is 9.97 Å². The average Bonchev–Trinajstić information content (AvgIpc) is 3.64. The molecule has 1 atom stereocenters. The van der Waals surface area contributed by atoms with Gasteiger partial charge in [0.1, 0.15) is 11.6 Å². The molecule has 2 aliphatic rings. The van der Waals surface area contributed by atoms with Crippen molar-refractivity contribution in [1.82, 2.24) is 38.9 Å². The molecule has 4 aromatic rings. The molecule has 39 heavy (non-hydrogen) atoms. The van der Waals surface area contributed by atoms with Gasteiger partial charge in [-0.3, -0.25) is 14.3 Å². The summed E-state index contributed by atoms with van der Waals surface area (Å²) >= 11 is 0. The number of aryl methyl sites for hydroxylation is 2. The van der Waals surface area contributed by atoms with Crippen LogP contribution in [0, 0.1) is 5.92 Å². The first-order chi connectivity index (χ1) is 18.9. The van der Waals surface area contributed by atoms with Crippen molar-refractivity contribution in [2.24, 2.45) is 13.0 Å². The Bertz CT molecular complexity index is 1500. The Morgan fingerprint density at radius 1 is 1.05 bits per heavy atom. The van der Waals surface area contributed by atoms with Gasteiger partial charge in [0.2, 0.25) is 11.9 Å². The number of benzene rings is 1. The van der Waals surface area contributed by atoms with Crippen LogP contribution < -0.4 is 4.90 Å². The smallest absolute Gasteiger partial charge is 0.239 e. The monoisotopic (exact) mass is 531 g/mol. The molecule has 5 heterocycles. The summed E-state index contributed by atoms with van der Waals surface area (Å²) < 4.78 is 9.83. The molecule has 0 radical (unpaired) electrons. The molecule has 206 valence electrons. The van der Waals surface area contributed by atoms with Crippen LogP contribution in [0.5, 0.6) is 0 Å². The second-order valence-electron chi connectivity index (χ2n) is 10.8. The Kier molecular flexibility index (Phi) is 6.94. The molecule has 1 unspecified atom stereocenters. The fourth-order valence-electron chi connectivity index (χ4n) is 5.71. The minimum atomic E-state index is 0.195. The van der Waals surface area contributed by atoms with Gasteiger partial charge in [-0.15, -0.1) is 0 Å². The van der Waals surface area contributed by atoms with Crippen molar-refractivity contribution in [3.05, 3.63) is 35.9 Å². The number of likely N-dealkylation sites (tertiary alicyclic amines) is 1. The third-order valence-electron chi connectivity index (χ3n) is 7.94. The summed E-state index contributed by atoms with van der Waals surface area (Å²) in [5.41, 5.74) is 3.57. The van der Waals surface area contributed by atoms with Crippen molar-refractivity contribution in [3.63, 3.8) is 0 Å². The van der Waals surface area contributed by atoms with Crippen molar-refractivity contribution in [3.8, 4) is 5.95 Å². The molecule has 2 fully saturated rings. The zero-order valence-electron chi connectivity index (χ0n) is 23.3. The lowest BCUT2D eigenvalue weighted by Crippen LogP contribution is -2.37. The summed E-state index contributed by atoms with van der Waals surface area (Å²) in [4.78, 5) is 38.8. The van der Waals surface area contributed by atoms with Crippen LogP contribution >= 0.6 is 0 Å². The number of amides is 1. The van der Waals surface area contributed by atoms with E-state index in [2.05, 4.69) is 31.9 Å². The lowest BCUT2D eigenvalue weighted by molar-refractivity contribution is -0.129. The molecule has 0 N–H and O–H groups in total. The highest BCUT2D eigenvalue weighted by Gasteiger charge is 2.28. The van der Waals surface area contributed by atoms with Gasteiger partial charge in [0.25, 0.3) is 0 Å². The Morgan fingerprint density at radius 2 is 1.85 bits per heavy atom. The van der Waals surface area contributed by atoms with Crippen LogP contribution in [0.3, 0.4) is 0 Å². The number of ether oxygens (including phenoxy) is 1. The normalized spacial score (nSPS) is 18.5. The van der Waals surface area contributed by atoms with Crippen LogP contribution in [-0.2, 0) is 29.5 Å². The standard InChI is InChI=1S/C28H37N9O2/c1-5-22-29-20-8-6-7-9-21(20)37(22)28-31-26-25(27(32-28)36-12-14-39-15-13-36)30-23(34(26)4)18-35-11-10-19(17-35)16-24(38)33(2)3/h6-9,19H,5,10-18H2,1-4H3. The summed E-state index contributed by atoms with van der Waals surface area (Å²) in [5.74, 6) is 3.93. The van der Waals surface area contributed by atoms with E-state index in [-0.39, 0.29) is 5.91 Å². The first kappa shape index (κ1) is 25.7. The van der Waals surface area contributed by atoms with Gasteiger partial charge in [0.05, 0.1) is 30.8 Å². The van der Waals surface area contributed by atoms with E-state index in [1.165, 1.54) is 0 Å². The molecule has 0 aliphatic carbocycles. The van der Waals surface area contributed by atoms with Crippen molar-refractivity contribution in [1.29, 1.82) is 0 Å². The molecular weight excluding hydrogens is 494 g/mol. The highest BCUT2D eigenvalue weighted by molar-refractivity contribution is 5.86. The summed E-state index contributed by atoms with van der Waals surface area (Å²) in [5, 5.41) is 0. The number of anilines is 1. The fraction of sp³-hybridized carbons (Fsp3) is 0.536. The molecule has 1 aromatic carbocycles. The van der Waals surface area contributed by atoms with E-state index >= 15 is 0 Å². The van der Waals surface area contributed by atoms with E-state index in [9.17, 15) is 4.79 Å². The zero-order chi connectivity index (χ0) is 27.1. The minimum absolute atomic E-state index is 0.195. The zero-order valence-corrected chi connectivity index (χ0v) is 23.3. The summed E-state index contributed by atoms with van der Waals surface area (Å²) in [7, 11) is 5.69. The van der Waals surface area contributed by atoms with Crippen molar-refractivity contribution in [2.45, 2.75) is 32.7 Å². The second kappa shape index (κ2) is 10.5. The summed E-state index contributed by atoms with van der Waals surface area (Å²) in [6, 6.07) is 8.14. The Labute approximate surface area is 228 Å². The lowest BCUT2D eigenvalue weighted by Gasteiger charge is -2.28. The molecule has 0 spiro atoms. The van der Waals surface area contributed by atoms with Gasteiger partial charge in [0.15, 0.2) is 17.0 Å². The van der Waals surface area contributed by atoms with Crippen LogP contribution in [-0.4, -0.2) is 98.3 Å². The van der Waals surface area contributed by atoms with Gasteiger partial charge >= 0.3 is 0 Å². The third-order valence-corrected chi connectivity index (χ3v) is 7.94. The molecule has 6 rings (SSSR count). The molecular formula is C28H37N9O2. The summed E-state index contributed by atoms with van der Waals surface area (Å²) in [6.07, 6.45) is 2.40. The molecule has 0 bridgehead atoms. The van der Waals surface area contributed by atoms with Gasteiger partial charge in [-0.1, -0.05) is 19.1 Å². The van der Waals surface area contributed by atoms with E-state index in [4.69, 9.17) is 24.7 Å². The predicted molar refractivity (Wildman–Crippen MR) is 150 cm³/mol. The number of imidazole rings is 2. The van der Waals surface area contributed by atoms with Crippen LogP contribution in [0.4, 0.5) is 5.82 Å². The Hall–Kier alpha value is -3.57. The van der Waals surface area contributed by atoms with Crippen molar-refractivity contribution >= 4 is 33.9 Å². The lowest BCUT2D eigenvalue weighted by atomic mass is 10.0. The number of rotatable bonds is 7. The van der Waals surface area contributed by atoms with E-state index in [0.717, 1.165) is 78.7 Å².